The lowest BCUT2D eigenvalue weighted by atomic mass is 9.95. The van der Waals surface area contributed by atoms with Crippen LogP contribution in [0.15, 0.2) is 41.8 Å². The molecule has 2 heterocycles. The summed E-state index contributed by atoms with van der Waals surface area (Å²) < 4.78 is 0. The predicted molar refractivity (Wildman–Crippen MR) is 108 cm³/mol. The van der Waals surface area contributed by atoms with Crippen LogP contribution in [0.4, 0.5) is 0 Å². The fraction of sp³-hybridized carbons (Fsp3) is 0.105. The number of aromatic amines is 1. The molecule has 1 N–H and O–H groups in total. The van der Waals surface area contributed by atoms with E-state index in [1.165, 1.54) is 0 Å². The van der Waals surface area contributed by atoms with Crippen molar-refractivity contribution in [2.45, 2.75) is 13.8 Å². The van der Waals surface area contributed by atoms with Gasteiger partial charge in [-0.05, 0) is 47.5 Å². The molecule has 0 saturated carbocycles. The van der Waals surface area contributed by atoms with Gasteiger partial charge < -0.3 is 0 Å². The molecule has 0 spiro atoms. The maximum absolute atomic E-state index is 6.59. The fourth-order valence-electron chi connectivity index (χ4n) is 2.91. The van der Waals surface area contributed by atoms with Crippen molar-refractivity contribution in [3.05, 3.63) is 63.0 Å². The van der Waals surface area contributed by atoms with Gasteiger partial charge in [-0.3, -0.25) is 0 Å². The van der Waals surface area contributed by atoms with Gasteiger partial charge in [0.2, 0.25) is 0 Å². The van der Waals surface area contributed by atoms with Crippen molar-refractivity contribution >= 4 is 34.5 Å². The molecule has 0 radical (unpaired) electrons. The van der Waals surface area contributed by atoms with Gasteiger partial charge in [-0.2, -0.15) is 0 Å². The second-order valence-electron chi connectivity index (χ2n) is 6.07. The zero-order chi connectivity index (χ0) is 18.3. The van der Waals surface area contributed by atoms with Crippen LogP contribution < -0.4 is 0 Å². The predicted octanol–water partition coefficient (Wildman–Crippen LogP) is 6.19. The first-order chi connectivity index (χ1) is 12.5. The van der Waals surface area contributed by atoms with Crippen molar-refractivity contribution in [3.8, 4) is 33.0 Å². The van der Waals surface area contributed by atoms with Crippen LogP contribution in [0.5, 0.6) is 0 Å². The maximum Gasteiger partial charge on any atom is 0.190 e. The number of tetrazole rings is 1. The van der Waals surface area contributed by atoms with Gasteiger partial charge >= 0.3 is 0 Å². The Morgan fingerprint density at radius 3 is 2.12 bits per heavy atom. The van der Waals surface area contributed by atoms with Crippen LogP contribution >= 0.6 is 34.5 Å². The molecule has 0 amide bonds. The molecule has 7 heteroatoms. The van der Waals surface area contributed by atoms with Gasteiger partial charge in [-0.1, -0.05) is 47.5 Å². The summed E-state index contributed by atoms with van der Waals surface area (Å²) >= 11 is 14.7. The Morgan fingerprint density at radius 1 is 0.885 bits per heavy atom. The first-order valence-corrected chi connectivity index (χ1v) is 9.57. The van der Waals surface area contributed by atoms with Gasteiger partial charge in [0.25, 0.3) is 0 Å². The minimum atomic E-state index is 0.608. The zero-order valence-electron chi connectivity index (χ0n) is 14.0. The number of thiophene rings is 1. The molecule has 2 aromatic heterocycles. The van der Waals surface area contributed by atoms with Gasteiger partial charge in [0, 0.05) is 37.7 Å². The molecule has 0 aliphatic heterocycles. The van der Waals surface area contributed by atoms with Crippen molar-refractivity contribution in [3.63, 3.8) is 0 Å². The molecule has 0 bridgehead atoms. The topological polar surface area (TPSA) is 54.5 Å². The highest BCUT2D eigenvalue weighted by molar-refractivity contribution is 7.14. The van der Waals surface area contributed by atoms with Crippen LogP contribution in [0, 0.1) is 13.8 Å². The summed E-state index contributed by atoms with van der Waals surface area (Å²) in [6, 6.07) is 12.1. The van der Waals surface area contributed by atoms with Crippen molar-refractivity contribution in [2.75, 3.05) is 0 Å². The van der Waals surface area contributed by atoms with Crippen LogP contribution in [-0.4, -0.2) is 20.6 Å². The summed E-state index contributed by atoms with van der Waals surface area (Å²) in [6.45, 7) is 4.04. The number of nitrogens with one attached hydrogen (secondary N) is 1. The second kappa shape index (κ2) is 6.83. The molecule has 130 valence electrons. The monoisotopic (exact) mass is 400 g/mol. The highest BCUT2D eigenvalue weighted by atomic mass is 35.5. The number of nitrogens with zero attached hydrogens (tertiary/aromatic N) is 3. The average molecular weight is 401 g/mol. The van der Waals surface area contributed by atoms with E-state index in [1.807, 2.05) is 44.2 Å². The molecule has 0 aliphatic rings. The normalized spacial score (nSPS) is 11.1. The Bertz CT molecular complexity index is 1090. The average Bonchev–Trinajstić information content (AvgIpc) is 3.24. The van der Waals surface area contributed by atoms with Crippen LogP contribution in [0.2, 0.25) is 10.0 Å². The first-order valence-electron chi connectivity index (χ1n) is 7.93. The molecule has 2 aromatic carbocycles. The van der Waals surface area contributed by atoms with Gasteiger partial charge in [0.05, 0.1) is 4.88 Å². The molecule has 0 aliphatic carbocycles. The molecule has 4 aromatic rings. The molecule has 0 unspecified atom stereocenters. The van der Waals surface area contributed by atoms with E-state index in [9.17, 15) is 0 Å². The molecule has 0 fully saturated rings. The lowest BCUT2D eigenvalue weighted by molar-refractivity contribution is 0.881. The molecule has 0 atom stereocenters. The highest BCUT2D eigenvalue weighted by Crippen LogP contribution is 2.47. The smallest absolute Gasteiger partial charge is 0.190 e. The summed E-state index contributed by atoms with van der Waals surface area (Å²) in [5.74, 6) is 0.608. The Balaban J connectivity index is 2.01. The lowest BCUT2D eigenvalue weighted by Crippen LogP contribution is -1.88. The Morgan fingerprint density at radius 2 is 1.54 bits per heavy atom. The van der Waals surface area contributed by atoms with Crippen molar-refractivity contribution in [1.82, 2.24) is 20.6 Å². The van der Waals surface area contributed by atoms with E-state index in [0.717, 1.165) is 38.3 Å². The van der Waals surface area contributed by atoms with E-state index in [0.29, 0.717) is 15.9 Å². The fourth-order valence-corrected chi connectivity index (χ4v) is 4.60. The molecule has 4 rings (SSSR count). The minimum Gasteiger partial charge on any atom is -0.238 e. The van der Waals surface area contributed by atoms with Crippen LogP contribution in [0.25, 0.3) is 33.0 Å². The summed E-state index contributed by atoms with van der Waals surface area (Å²) in [5.41, 5.74) is 6.09. The number of halogens is 2. The largest absolute Gasteiger partial charge is 0.238 e. The van der Waals surface area contributed by atoms with E-state index in [4.69, 9.17) is 23.2 Å². The lowest BCUT2D eigenvalue weighted by Gasteiger charge is -2.11. The van der Waals surface area contributed by atoms with Crippen LogP contribution in [0.3, 0.4) is 0 Å². The van der Waals surface area contributed by atoms with E-state index in [1.54, 1.807) is 11.3 Å². The third-order valence-corrected chi connectivity index (χ3v) is 5.77. The van der Waals surface area contributed by atoms with Crippen LogP contribution in [0.1, 0.15) is 11.1 Å². The number of aryl methyl sites for hydroxylation is 2. The third-order valence-electron chi connectivity index (χ3n) is 4.16. The second-order valence-corrected chi connectivity index (χ2v) is 7.76. The molecular weight excluding hydrogens is 387 g/mol. The number of hydrogen-bond donors (Lipinski definition) is 1. The standard InChI is InChI=1S/C19H14Cl2N4S/c1-10-3-5-12(15(20)7-10)14-9-26-18(19-22-24-25-23-19)17(14)13-6-4-11(2)8-16(13)21/h3-9H,1-2H3,(H,22,23,24,25). The first kappa shape index (κ1) is 17.2. The SMILES string of the molecule is Cc1ccc(-c2csc(-c3nnn[nH]3)c2-c2ccc(C)cc2Cl)c(Cl)c1. The summed E-state index contributed by atoms with van der Waals surface area (Å²) in [5, 5.41) is 17.8. The number of rotatable bonds is 3. The number of aromatic nitrogens is 4. The zero-order valence-corrected chi connectivity index (χ0v) is 16.4. The molecule has 4 nitrogen and oxygen atoms in total. The summed E-state index contributed by atoms with van der Waals surface area (Å²) in [4.78, 5) is 0.924. The van der Waals surface area contributed by atoms with Gasteiger partial charge in [-0.25, -0.2) is 5.10 Å². The minimum absolute atomic E-state index is 0.608. The Kier molecular flexibility index (Phi) is 4.53. The summed E-state index contributed by atoms with van der Waals surface area (Å²) in [6.07, 6.45) is 0. The van der Waals surface area contributed by atoms with Gasteiger partial charge in [0.1, 0.15) is 0 Å². The molecule has 26 heavy (non-hydrogen) atoms. The Labute approximate surface area is 164 Å². The van der Waals surface area contributed by atoms with Crippen molar-refractivity contribution < 1.29 is 0 Å². The van der Waals surface area contributed by atoms with Crippen LogP contribution in [-0.2, 0) is 0 Å². The van der Waals surface area contributed by atoms with Crippen molar-refractivity contribution in [1.29, 1.82) is 0 Å². The van der Waals surface area contributed by atoms with Crippen molar-refractivity contribution in [2.24, 2.45) is 0 Å². The highest BCUT2D eigenvalue weighted by Gasteiger charge is 2.22. The molecular formula is C19H14Cl2N4S. The third kappa shape index (κ3) is 3.03. The Hall–Kier alpha value is -2.21. The number of benzene rings is 2. The van der Waals surface area contributed by atoms with E-state index >= 15 is 0 Å². The van der Waals surface area contributed by atoms with Gasteiger partial charge in [-0.15, -0.1) is 16.4 Å². The van der Waals surface area contributed by atoms with E-state index in [2.05, 4.69) is 32.1 Å². The van der Waals surface area contributed by atoms with E-state index < -0.39 is 0 Å². The summed E-state index contributed by atoms with van der Waals surface area (Å²) in [7, 11) is 0. The molecule has 0 saturated heterocycles. The quantitative estimate of drug-likeness (QED) is 0.446. The maximum atomic E-state index is 6.59. The van der Waals surface area contributed by atoms with Gasteiger partial charge in [0.15, 0.2) is 5.82 Å². The van der Waals surface area contributed by atoms with E-state index in [-0.39, 0.29) is 0 Å². The number of H-pyrrole nitrogens is 1. The number of hydrogen-bond acceptors (Lipinski definition) is 4.